The SMILES string of the molecule is CC=S(C)(=O)NC(=O)c1cc(Oc2ccc(C(F)(F)F)cc2Cl)ccc1[N+](=O)[O-]. The van der Waals surface area contributed by atoms with Gasteiger partial charge in [-0.05, 0) is 36.6 Å². The molecule has 1 unspecified atom stereocenters. The van der Waals surface area contributed by atoms with Gasteiger partial charge in [0.15, 0.2) is 0 Å². The number of alkyl halides is 3. The molecule has 2 aromatic rings. The highest BCUT2D eigenvalue weighted by molar-refractivity contribution is 7.99. The fourth-order valence-electron chi connectivity index (χ4n) is 2.10. The Hall–Kier alpha value is -2.79. The number of nitro groups is 1. The smallest absolute Gasteiger partial charge is 0.416 e. The summed E-state index contributed by atoms with van der Waals surface area (Å²) in [4.78, 5) is 22.7. The van der Waals surface area contributed by atoms with E-state index in [1.807, 2.05) is 0 Å². The number of benzene rings is 2. The van der Waals surface area contributed by atoms with Crippen LogP contribution < -0.4 is 9.46 Å². The molecule has 7 nitrogen and oxygen atoms in total. The number of rotatable bonds is 5. The fourth-order valence-corrected chi connectivity index (χ4v) is 2.92. The molecule has 0 heterocycles. The molecule has 1 amide bonds. The van der Waals surface area contributed by atoms with Crippen molar-refractivity contribution in [3.8, 4) is 11.5 Å². The predicted octanol–water partition coefficient (Wildman–Crippen LogP) is 4.44. The van der Waals surface area contributed by atoms with E-state index in [1.54, 1.807) is 0 Å². The van der Waals surface area contributed by atoms with Crippen LogP contribution in [-0.2, 0) is 15.9 Å². The molecule has 2 rings (SSSR count). The number of nitrogens with zero attached hydrogens (tertiary/aromatic N) is 1. The van der Waals surface area contributed by atoms with Crippen LogP contribution in [0.4, 0.5) is 18.9 Å². The van der Waals surface area contributed by atoms with Gasteiger partial charge in [-0.15, -0.1) is 0 Å². The van der Waals surface area contributed by atoms with Crippen LogP contribution in [0.2, 0.25) is 5.02 Å². The van der Waals surface area contributed by atoms with Crippen molar-refractivity contribution in [3.05, 3.63) is 62.7 Å². The minimum atomic E-state index is -4.59. The van der Waals surface area contributed by atoms with Crippen molar-refractivity contribution in [1.29, 1.82) is 0 Å². The summed E-state index contributed by atoms with van der Waals surface area (Å²) in [6.07, 6.45) is -3.36. The summed E-state index contributed by atoms with van der Waals surface area (Å²) in [5.74, 6) is -1.22. The van der Waals surface area contributed by atoms with Crippen LogP contribution in [0.5, 0.6) is 11.5 Å². The second kappa shape index (κ2) is 8.29. The minimum absolute atomic E-state index is 0.0921. The van der Waals surface area contributed by atoms with E-state index in [4.69, 9.17) is 16.3 Å². The highest BCUT2D eigenvalue weighted by atomic mass is 35.5. The molecule has 12 heteroatoms. The van der Waals surface area contributed by atoms with Crippen LogP contribution in [-0.4, -0.2) is 26.7 Å². The topological polar surface area (TPSA) is 98.5 Å². The number of hydrogen-bond donors (Lipinski definition) is 1. The van der Waals surface area contributed by atoms with Crippen LogP contribution in [0.1, 0.15) is 22.8 Å². The number of nitro benzene ring substituents is 1. The minimum Gasteiger partial charge on any atom is -0.456 e. The summed E-state index contributed by atoms with van der Waals surface area (Å²) in [6, 6.07) is 5.54. The molecule has 156 valence electrons. The normalized spacial score (nSPS) is 13.3. The second-order valence-corrected chi connectivity index (χ2v) is 8.64. The van der Waals surface area contributed by atoms with Crippen LogP contribution >= 0.6 is 11.6 Å². The molecule has 2 aromatic carbocycles. The van der Waals surface area contributed by atoms with Gasteiger partial charge in [0.1, 0.15) is 17.1 Å². The fraction of sp³-hybridized carbons (Fsp3) is 0.176. The molecule has 0 radical (unpaired) electrons. The second-order valence-electron chi connectivity index (χ2n) is 5.75. The van der Waals surface area contributed by atoms with Crippen molar-refractivity contribution in [3.63, 3.8) is 0 Å². The Kier molecular flexibility index (Phi) is 6.43. The van der Waals surface area contributed by atoms with E-state index in [2.05, 4.69) is 4.72 Å². The first kappa shape index (κ1) is 22.5. The maximum absolute atomic E-state index is 12.7. The Morgan fingerprint density at radius 3 is 2.45 bits per heavy atom. The number of hydrogen-bond acceptors (Lipinski definition) is 5. The van der Waals surface area contributed by atoms with Crippen molar-refractivity contribution >= 4 is 38.3 Å². The van der Waals surface area contributed by atoms with Crippen LogP contribution in [0, 0.1) is 10.1 Å². The molecule has 0 aliphatic heterocycles. The summed E-state index contributed by atoms with van der Waals surface area (Å²) in [6.45, 7) is 1.45. The zero-order valence-electron chi connectivity index (χ0n) is 15.0. The average molecular weight is 451 g/mol. The first-order chi connectivity index (χ1) is 13.3. The lowest BCUT2D eigenvalue weighted by Gasteiger charge is -2.12. The zero-order valence-corrected chi connectivity index (χ0v) is 16.5. The number of nitrogens with one attached hydrogen (secondary N) is 1. The highest BCUT2D eigenvalue weighted by Crippen LogP contribution is 2.37. The van der Waals surface area contributed by atoms with Crippen molar-refractivity contribution in [2.24, 2.45) is 0 Å². The van der Waals surface area contributed by atoms with E-state index in [9.17, 15) is 32.3 Å². The van der Waals surface area contributed by atoms with Crippen molar-refractivity contribution in [2.45, 2.75) is 13.1 Å². The van der Waals surface area contributed by atoms with E-state index in [0.717, 1.165) is 30.3 Å². The Morgan fingerprint density at radius 1 is 1.28 bits per heavy atom. The summed E-state index contributed by atoms with van der Waals surface area (Å²) < 4.78 is 57.8. The standard InChI is InChI=1S/C17H14ClF3N2O5S/c1-3-29(2,27)22-16(24)12-9-11(5-6-14(12)23(25)26)28-15-7-4-10(8-13(15)18)17(19,20)21/h3-9H,1-2H3,(H,22,24,27). The molecule has 0 bridgehead atoms. The number of carbonyl (C=O) groups excluding carboxylic acids is 1. The number of ether oxygens (including phenoxy) is 1. The molecule has 0 saturated carbocycles. The molecule has 0 saturated heterocycles. The Morgan fingerprint density at radius 2 is 1.93 bits per heavy atom. The lowest BCUT2D eigenvalue weighted by atomic mass is 10.1. The number of carbonyl (C=O) groups is 1. The molecule has 29 heavy (non-hydrogen) atoms. The third-order valence-corrected chi connectivity index (χ3v) is 5.43. The monoisotopic (exact) mass is 450 g/mol. The van der Waals surface area contributed by atoms with Crippen molar-refractivity contribution in [1.82, 2.24) is 4.72 Å². The van der Waals surface area contributed by atoms with Crippen LogP contribution in [0.3, 0.4) is 0 Å². The van der Waals surface area contributed by atoms with Crippen LogP contribution in [0.15, 0.2) is 36.4 Å². The van der Waals surface area contributed by atoms with Gasteiger partial charge < -0.3 is 4.74 Å². The average Bonchev–Trinajstić information content (AvgIpc) is 2.62. The lowest BCUT2D eigenvalue weighted by Crippen LogP contribution is -2.31. The third kappa shape index (κ3) is 5.61. The Labute approximate surface area is 168 Å². The number of amides is 1. The first-order valence-electron chi connectivity index (χ1n) is 7.78. The summed E-state index contributed by atoms with van der Waals surface area (Å²) in [7, 11) is -2.87. The van der Waals surface area contributed by atoms with Gasteiger partial charge in [-0.1, -0.05) is 11.6 Å². The summed E-state index contributed by atoms with van der Waals surface area (Å²) in [5.41, 5.74) is -1.99. The van der Waals surface area contributed by atoms with Gasteiger partial charge in [-0.3, -0.25) is 19.6 Å². The molecule has 0 aromatic heterocycles. The molecular weight excluding hydrogens is 437 g/mol. The molecule has 0 spiro atoms. The Balaban J connectivity index is 2.42. The highest BCUT2D eigenvalue weighted by Gasteiger charge is 2.31. The molecule has 1 atom stereocenters. The molecular formula is C17H14ClF3N2O5S. The van der Waals surface area contributed by atoms with Crippen LogP contribution in [0.25, 0.3) is 0 Å². The third-order valence-electron chi connectivity index (χ3n) is 3.64. The summed E-state index contributed by atoms with van der Waals surface area (Å²) in [5, 5.41) is 12.1. The maximum atomic E-state index is 12.7. The van der Waals surface area contributed by atoms with E-state index in [-0.39, 0.29) is 16.5 Å². The molecule has 0 aliphatic carbocycles. The van der Waals surface area contributed by atoms with Gasteiger partial charge >= 0.3 is 6.18 Å². The van der Waals surface area contributed by atoms with Crippen molar-refractivity contribution < 1.29 is 31.8 Å². The Bertz CT molecular complexity index is 1090. The van der Waals surface area contributed by atoms with E-state index < -0.39 is 43.5 Å². The largest absolute Gasteiger partial charge is 0.456 e. The van der Waals surface area contributed by atoms with Gasteiger partial charge in [-0.25, -0.2) is 4.21 Å². The maximum Gasteiger partial charge on any atom is 0.416 e. The molecule has 1 N–H and O–H groups in total. The van der Waals surface area contributed by atoms with Gasteiger partial charge in [0.05, 0.1) is 15.5 Å². The molecule has 0 fully saturated rings. The first-order valence-corrected chi connectivity index (χ1v) is 10.2. The van der Waals surface area contributed by atoms with Gasteiger partial charge in [0, 0.05) is 28.1 Å². The van der Waals surface area contributed by atoms with Crippen molar-refractivity contribution in [2.75, 3.05) is 6.26 Å². The predicted molar refractivity (Wildman–Crippen MR) is 103 cm³/mol. The number of halogens is 4. The van der Waals surface area contributed by atoms with E-state index >= 15 is 0 Å². The van der Waals surface area contributed by atoms with Gasteiger partial charge in [0.25, 0.3) is 11.6 Å². The summed E-state index contributed by atoms with van der Waals surface area (Å²) >= 11 is 5.82. The van der Waals surface area contributed by atoms with E-state index in [0.29, 0.717) is 6.07 Å². The van der Waals surface area contributed by atoms with E-state index in [1.165, 1.54) is 18.5 Å². The van der Waals surface area contributed by atoms with Gasteiger partial charge in [0.2, 0.25) is 0 Å². The van der Waals surface area contributed by atoms with Gasteiger partial charge in [-0.2, -0.15) is 13.2 Å². The molecule has 0 aliphatic rings. The lowest BCUT2D eigenvalue weighted by molar-refractivity contribution is -0.385. The quantitative estimate of drug-likeness (QED) is 0.412. The zero-order chi connectivity index (χ0) is 22.0.